The van der Waals surface area contributed by atoms with Crippen molar-refractivity contribution in [2.75, 3.05) is 51.8 Å². The van der Waals surface area contributed by atoms with Gasteiger partial charge in [-0.15, -0.1) is 11.3 Å². The predicted molar refractivity (Wildman–Crippen MR) is 116 cm³/mol. The summed E-state index contributed by atoms with van der Waals surface area (Å²) in [6.07, 6.45) is 1.08. The molecule has 0 bridgehead atoms. The van der Waals surface area contributed by atoms with Crippen LogP contribution in [0.3, 0.4) is 0 Å². The highest BCUT2D eigenvalue weighted by atomic mass is 32.1. The van der Waals surface area contributed by atoms with Gasteiger partial charge in [0, 0.05) is 36.7 Å². The molecule has 2 heterocycles. The zero-order valence-electron chi connectivity index (χ0n) is 15.7. The average molecular weight is 406 g/mol. The van der Waals surface area contributed by atoms with Crippen molar-refractivity contribution in [1.29, 1.82) is 0 Å². The van der Waals surface area contributed by atoms with Crippen molar-refractivity contribution in [1.82, 2.24) is 9.80 Å². The Morgan fingerprint density at radius 2 is 2.04 bits per heavy atom. The van der Waals surface area contributed by atoms with Gasteiger partial charge in [0.1, 0.15) is 5.75 Å². The maximum absolute atomic E-state index is 5.72. The third kappa shape index (κ3) is 6.46. The fraction of sp³-hybridized carbons (Fsp3) is 0.450. The SMILES string of the molecule is COc1ccc(NC(=S)N(CCCN2CCOCC2)Cc2cccs2)cc1. The van der Waals surface area contributed by atoms with Crippen molar-refractivity contribution in [2.45, 2.75) is 13.0 Å². The summed E-state index contributed by atoms with van der Waals surface area (Å²) in [7, 11) is 1.67. The van der Waals surface area contributed by atoms with E-state index in [-0.39, 0.29) is 0 Å². The molecule has 0 saturated carbocycles. The van der Waals surface area contributed by atoms with Crippen molar-refractivity contribution in [3.8, 4) is 5.75 Å². The molecule has 0 aliphatic carbocycles. The lowest BCUT2D eigenvalue weighted by molar-refractivity contribution is 0.0368. The number of nitrogens with one attached hydrogen (secondary N) is 1. The molecule has 1 aliphatic heterocycles. The number of thiophene rings is 1. The van der Waals surface area contributed by atoms with E-state index in [4.69, 9.17) is 21.7 Å². The molecule has 0 spiro atoms. The van der Waals surface area contributed by atoms with Gasteiger partial charge in [-0.2, -0.15) is 0 Å². The van der Waals surface area contributed by atoms with Crippen LogP contribution in [0.25, 0.3) is 0 Å². The monoisotopic (exact) mass is 405 g/mol. The molecule has 2 aromatic rings. The molecular formula is C20H27N3O2S2. The van der Waals surface area contributed by atoms with Crippen molar-refractivity contribution < 1.29 is 9.47 Å². The van der Waals surface area contributed by atoms with E-state index in [0.29, 0.717) is 0 Å². The summed E-state index contributed by atoms with van der Waals surface area (Å²) in [6.45, 7) is 6.58. The summed E-state index contributed by atoms with van der Waals surface area (Å²) >= 11 is 7.49. The first-order valence-electron chi connectivity index (χ1n) is 9.27. The molecule has 0 radical (unpaired) electrons. The van der Waals surface area contributed by atoms with Crippen LogP contribution in [0.1, 0.15) is 11.3 Å². The summed E-state index contributed by atoms with van der Waals surface area (Å²) in [5, 5.41) is 6.24. The molecule has 1 saturated heterocycles. The Balaban J connectivity index is 1.56. The second-order valence-corrected chi connectivity index (χ2v) is 7.89. The molecule has 1 aromatic heterocycles. The van der Waals surface area contributed by atoms with Crippen LogP contribution in [0, 0.1) is 0 Å². The number of benzene rings is 1. The van der Waals surface area contributed by atoms with Gasteiger partial charge in [-0.25, -0.2) is 0 Å². The Kier molecular flexibility index (Phi) is 7.89. The predicted octanol–water partition coefficient (Wildman–Crippen LogP) is 3.68. The van der Waals surface area contributed by atoms with E-state index in [1.807, 2.05) is 24.3 Å². The fourth-order valence-corrected chi connectivity index (χ4v) is 4.02. The maximum atomic E-state index is 5.72. The number of nitrogens with zero attached hydrogens (tertiary/aromatic N) is 2. The number of hydrogen-bond acceptors (Lipinski definition) is 5. The summed E-state index contributed by atoms with van der Waals surface area (Å²) in [4.78, 5) is 6.04. The van der Waals surface area contributed by atoms with Crippen LogP contribution in [-0.2, 0) is 11.3 Å². The van der Waals surface area contributed by atoms with Gasteiger partial charge in [-0.05, 0) is 54.4 Å². The fourth-order valence-electron chi connectivity index (χ4n) is 3.03. The first-order chi connectivity index (χ1) is 13.2. The molecule has 3 rings (SSSR count). The molecule has 1 N–H and O–H groups in total. The van der Waals surface area contributed by atoms with Crippen LogP contribution in [0.4, 0.5) is 5.69 Å². The number of methoxy groups -OCH3 is 1. The van der Waals surface area contributed by atoms with Crippen molar-refractivity contribution >= 4 is 34.4 Å². The van der Waals surface area contributed by atoms with Gasteiger partial charge >= 0.3 is 0 Å². The largest absolute Gasteiger partial charge is 0.497 e. The lowest BCUT2D eigenvalue weighted by Crippen LogP contribution is -2.39. The third-order valence-electron chi connectivity index (χ3n) is 4.56. The second kappa shape index (κ2) is 10.6. The van der Waals surface area contributed by atoms with Gasteiger partial charge in [-0.1, -0.05) is 6.07 Å². The van der Waals surface area contributed by atoms with Gasteiger partial charge in [-0.3, -0.25) is 4.90 Å². The molecule has 0 amide bonds. The molecule has 146 valence electrons. The minimum Gasteiger partial charge on any atom is -0.497 e. The summed E-state index contributed by atoms with van der Waals surface area (Å²) < 4.78 is 10.6. The average Bonchev–Trinajstić information content (AvgIpc) is 3.22. The summed E-state index contributed by atoms with van der Waals surface area (Å²) in [5.74, 6) is 0.840. The van der Waals surface area contributed by atoms with Gasteiger partial charge in [0.15, 0.2) is 5.11 Å². The molecule has 1 fully saturated rings. The molecule has 5 nitrogen and oxygen atoms in total. The molecule has 0 unspecified atom stereocenters. The van der Waals surface area contributed by atoms with Crippen LogP contribution in [0.5, 0.6) is 5.75 Å². The van der Waals surface area contributed by atoms with E-state index in [2.05, 4.69) is 32.6 Å². The highest BCUT2D eigenvalue weighted by Gasteiger charge is 2.14. The van der Waals surface area contributed by atoms with Gasteiger partial charge in [0.05, 0.1) is 26.9 Å². The molecule has 0 atom stereocenters. The van der Waals surface area contributed by atoms with Crippen LogP contribution < -0.4 is 10.1 Å². The number of anilines is 1. The standard InChI is InChI=1S/C20H27N3O2S2/c1-24-18-7-5-17(6-8-18)21-20(26)23(16-19-4-2-15-27-19)10-3-9-22-11-13-25-14-12-22/h2,4-8,15H,3,9-14,16H2,1H3,(H,21,26). The highest BCUT2D eigenvalue weighted by Crippen LogP contribution is 2.17. The minimum absolute atomic E-state index is 0.760. The Bertz CT molecular complexity index is 686. The third-order valence-corrected chi connectivity index (χ3v) is 5.78. The molecule has 7 heteroatoms. The number of morpholine rings is 1. The van der Waals surface area contributed by atoms with Gasteiger partial charge in [0.2, 0.25) is 0 Å². The highest BCUT2D eigenvalue weighted by molar-refractivity contribution is 7.80. The summed E-state index contributed by atoms with van der Waals surface area (Å²) in [5.41, 5.74) is 0.977. The van der Waals surface area contributed by atoms with Gasteiger partial charge < -0.3 is 19.7 Å². The Labute approximate surface area is 170 Å². The van der Waals surface area contributed by atoms with Crippen molar-refractivity contribution in [3.63, 3.8) is 0 Å². The molecule has 1 aromatic carbocycles. The Morgan fingerprint density at radius 1 is 1.26 bits per heavy atom. The van der Waals surface area contributed by atoms with E-state index in [9.17, 15) is 0 Å². The maximum Gasteiger partial charge on any atom is 0.173 e. The quantitative estimate of drug-likeness (QED) is 0.676. The number of ether oxygens (including phenoxy) is 2. The number of hydrogen-bond donors (Lipinski definition) is 1. The van der Waals surface area contributed by atoms with Crippen LogP contribution in [0.2, 0.25) is 0 Å². The summed E-state index contributed by atoms with van der Waals surface area (Å²) in [6, 6.07) is 12.1. The van der Waals surface area contributed by atoms with Crippen molar-refractivity contribution in [2.24, 2.45) is 0 Å². The zero-order chi connectivity index (χ0) is 18.9. The Morgan fingerprint density at radius 3 is 2.70 bits per heavy atom. The topological polar surface area (TPSA) is 37.0 Å². The van der Waals surface area contributed by atoms with Crippen LogP contribution in [-0.4, -0.2) is 61.4 Å². The van der Waals surface area contributed by atoms with E-state index in [1.54, 1.807) is 18.4 Å². The molecule has 1 aliphatic rings. The van der Waals surface area contributed by atoms with E-state index < -0.39 is 0 Å². The van der Waals surface area contributed by atoms with E-state index in [0.717, 1.165) is 68.9 Å². The zero-order valence-corrected chi connectivity index (χ0v) is 17.4. The van der Waals surface area contributed by atoms with Crippen LogP contribution in [0.15, 0.2) is 41.8 Å². The first kappa shape index (κ1) is 20.1. The second-order valence-electron chi connectivity index (χ2n) is 6.47. The van der Waals surface area contributed by atoms with Gasteiger partial charge in [0.25, 0.3) is 0 Å². The lowest BCUT2D eigenvalue weighted by Gasteiger charge is -2.29. The van der Waals surface area contributed by atoms with E-state index >= 15 is 0 Å². The minimum atomic E-state index is 0.760. The van der Waals surface area contributed by atoms with Crippen LogP contribution >= 0.6 is 23.6 Å². The number of thiocarbonyl (C=S) groups is 1. The lowest BCUT2D eigenvalue weighted by atomic mass is 10.3. The Hall–Kier alpha value is -1.67. The van der Waals surface area contributed by atoms with E-state index in [1.165, 1.54) is 4.88 Å². The number of rotatable bonds is 8. The molecular weight excluding hydrogens is 378 g/mol. The normalized spacial score (nSPS) is 14.7. The first-order valence-corrected chi connectivity index (χ1v) is 10.6. The molecule has 27 heavy (non-hydrogen) atoms. The van der Waals surface area contributed by atoms with Crippen molar-refractivity contribution in [3.05, 3.63) is 46.7 Å². The smallest absolute Gasteiger partial charge is 0.173 e.